The van der Waals surface area contributed by atoms with Gasteiger partial charge in [-0.3, -0.25) is 4.98 Å². The van der Waals surface area contributed by atoms with E-state index in [1.165, 1.54) is 22.3 Å². The second-order valence-corrected chi connectivity index (χ2v) is 5.44. The van der Waals surface area contributed by atoms with Gasteiger partial charge in [0, 0.05) is 11.1 Å². The van der Waals surface area contributed by atoms with Crippen LogP contribution < -0.4 is 0 Å². The number of fused-ring (bicyclic) bond motifs is 6. The van der Waals surface area contributed by atoms with Crippen molar-refractivity contribution in [1.29, 1.82) is 0 Å². The van der Waals surface area contributed by atoms with Gasteiger partial charge in [-0.1, -0.05) is 35.9 Å². The molecule has 3 heteroatoms. The third-order valence-corrected chi connectivity index (χ3v) is 4.14. The lowest BCUT2D eigenvalue weighted by molar-refractivity contribution is 0.908. The minimum atomic E-state index is 0.466. The quantitative estimate of drug-likeness (QED) is 0.716. The topological polar surface area (TPSA) is 25.8 Å². The van der Waals surface area contributed by atoms with E-state index in [0.29, 0.717) is 5.15 Å². The summed E-state index contributed by atoms with van der Waals surface area (Å²) in [4.78, 5) is 9.04. The average molecular weight is 269 g/mol. The van der Waals surface area contributed by atoms with E-state index in [4.69, 9.17) is 11.6 Å². The van der Waals surface area contributed by atoms with Crippen LogP contribution >= 0.6 is 11.6 Å². The fourth-order valence-corrected chi connectivity index (χ4v) is 3.28. The molecule has 0 amide bonds. The molecule has 0 saturated carbocycles. The molecule has 1 aromatic carbocycles. The summed E-state index contributed by atoms with van der Waals surface area (Å²) in [6.45, 7) is 0. The van der Waals surface area contributed by atoms with Gasteiger partial charge in [-0.25, -0.2) is 4.98 Å². The van der Waals surface area contributed by atoms with Crippen molar-refractivity contribution in [1.82, 2.24) is 9.97 Å². The molecular formula is C16H13ClN2. The fraction of sp³-hybridized carbons (Fsp3) is 0.250. The van der Waals surface area contributed by atoms with Crippen molar-refractivity contribution in [2.24, 2.45) is 0 Å². The molecule has 0 unspecified atom stereocenters. The molecule has 0 spiro atoms. The monoisotopic (exact) mass is 268 g/mol. The van der Waals surface area contributed by atoms with E-state index >= 15 is 0 Å². The van der Waals surface area contributed by atoms with Gasteiger partial charge < -0.3 is 0 Å². The van der Waals surface area contributed by atoms with Gasteiger partial charge in [0.1, 0.15) is 5.15 Å². The summed E-state index contributed by atoms with van der Waals surface area (Å²) in [6.07, 6.45) is 14.9. The Balaban J connectivity index is 2.20. The van der Waals surface area contributed by atoms with Crippen molar-refractivity contribution >= 4 is 34.8 Å². The van der Waals surface area contributed by atoms with Crippen LogP contribution in [-0.2, 0) is 12.8 Å². The molecule has 0 atom stereocenters. The highest BCUT2D eigenvalue weighted by Crippen LogP contribution is 2.36. The van der Waals surface area contributed by atoms with Crippen LogP contribution in [0.15, 0.2) is 18.3 Å². The summed E-state index contributed by atoms with van der Waals surface area (Å²) in [7, 11) is 0. The van der Waals surface area contributed by atoms with Gasteiger partial charge in [-0.2, -0.15) is 0 Å². The maximum absolute atomic E-state index is 6.03. The Morgan fingerprint density at radius 2 is 1.53 bits per heavy atom. The lowest BCUT2D eigenvalue weighted by Crippen LogP contribution is -2.08. The zero-order valence-electron chi connectivity index (χ0n) is 10.5. The standard InChI is InChI=1S/C16H13ClN2/c17-14-9-18-15-12-7-3-1-5-10(12)11-6-2-4-8-13(11)16(15)19-14/h3-4,7-9H,1-2,5-6H2. The number of halogens is 1. The minimum absolute atomic E-state index is 0.466. The molecule has 94 valence electrons. The highest BCUT2D eigenvalue weighted by molar-refractivity contribution is 6.29. The first-order chi connectivity index (χ1) is 9.34. The fourth-order valence-electron chi connectivity index (χ4n) is 3.15. The normalized spacial score (nSPS) is 16.5. The first kappa shape index (κ1) is 11.2. The largest absolute Gasteiger partial charge is 0.251 e. The predicted octanol–water partition coefficient (Wildman–Crippen LogP) is 4.20. The Morgan fingerprint density at radius 1 is 0.895 bits per heavy atom. The molecule has 0 aliphatic heterocycles. The summed E-state index contributed by atoms with van der Waals surface area (Å²) >= 11 is 6.03. The van der Waals surface area contributed by atoms with Crippen molar-refractivity contribution in [2.75, 3.05) is 0 Å². The number of benzene rings is 1. The molecule has 2 nitrogen and oxygen atoms in total. The van der Waals surface area contributed by atoms with Gasteiger partial charge in [0.2, 0.25) is 0 Å². The summed E-state index contributed by atoms with van der Waals surface area (Å²) in [6, 6.07) is 0. The molecule has 0 N–H and O–H groups in total. The van der Waals surface area contributed by atoms with Crippen molar-refractivity contribution in [3.05, 3.63) is 45.8 Å². The summed E-state index contributed by atoms with van der Waals surface area (Å²) in [5.74, 6) is 0. The van der Waals surface area contributed by atoms with Crippen LogP contribution in [0, 0.1) is 0 Å². The van der Waals surface area contributed by atoms with Gasteiger partial charge in [-0.15, -0.1) is 0 Å². The van der Waals surface area contributed by atoms with Gasteiger partial charge >= 0.3 is 0 Å². The molecule has 2 aromatic rings. The van der Waals surface area contributed by atoms with Gasteiger partial charge in [0.15, 0.2) is 0 Å². The highest BCUT2D eigenvalue weighted by atomic mass is 35.5. The number of rotatable bonds is 0. The Hall–Kier alpha value is -1.67. The predicted molar refractivity (Wildman–Crippen MR) is 79.3 cm³/mol. The van der Waals surface area contributed by atoms with Gasteiger partial charge in [0.25, 0.3) is 0 Å². The second kappa shape index (κ2) is 4.17. The van der Waals surface area contributed by atoms with Crippen LogP contribution in [0.1, 0.15) is 35.1 Å². The molecule has 2 aliphatic carbocycles. The lowest BCUT2D eigenvalue weighted by Gasteiger charge is -2.22. The van der Waals surface area contributed by atoms with Crippen LogP contribution in [0.4, 0.5) is 0 Å². The molecule has 1 heterocycles. The van der Waals surface area contributed by atoms with Crippen LogP contribution in [0.5, 0.6) is 0 Å². The highest BCUT2D eigenvalue weighted by Gasteiger charge is 2.21. The van der Waals surface area contributed by atoms with Crippen molar-refractivity contribution in [3.8, 4) is 0 Å². The third-order valence-electron chi connectivity index (χ3n) is 3.96. The molecule has 0 bridgehead atoms. The maximum Gasteiger partial charge on any atom is 0.148 e. The average Bonchev–Trinajstić information content (AvgIpc) is 2.47. The van der Waals surface area contributed by atoms with Crippen LogP contribution in [-0.4, -0.2) is 9.97 Å². The Labute approximate surface area is 116 Å². The summed E-state index contributed by atoms with van der Waals surface area (Å²) in [5.41, 5.74) is 7.33. The molecule has 4 rings (SSSR count). The molecule has 0 saturated heterocycles. The Kier molecular flexibility index (Phi) is 2.46. The first-order valence-electron chi connectivity index (χ1n) is 6.67. The number of aromatic nitrogens is 2. The zero-order chi connectivity index (χ0) is 12.8. The van der Waals surface area contributed by atoms with E-state index < -0.39 is 0 Å². The molecule has 1 aromatic heterocycles. The van der Waals surface area contributed by atoms with Crippen LogP contribution in [0.2, 0.25) is 5.15 Å². The van der Waals surface area contributed by atoms with E-state index in [9.17, 15) is 0 Å². The first-order valence-corrected chi connectivity index (χ1v) is 7.05. The zero-order valence-corrected chi connectivity index (χ0v) is 11.2. The number of nitrogens with zero attached hydrogens (tertiary/aromatic N) is 2. The molecule has 2 aliphatic rings. The lowest BCUT2D eigenvalue weighted by atomic mass is 9.84. The minimum Gasteiger partial charge on any atom is -0.251 e. The smallest absolute Gasteiger partial charge is 0.148 e. The summed E-state index contributed by atoms with van der Waals surface area (Å²) in [5, 5.41) is 0.466. The van der Waals surface area contributed by atoms with E-state index in [2.05, 4.69) is 34.3 Å². The second-order valence-electron chi connectivity index (χ2n) is 5.06. The van der Waals surface area contributed by atoms with E-state index in [0.717, 1.165) is 36.7 Å². The van der Waals surface area contributed by atoms with Crippen molar-refractivity contribution < 1.29 is 0 Å². The molecule has 0 radical (unpaired) electrons. The third kappa shape index (κ3) is 1.63. The van der Waals surface area contributed by atoms with Gasteiger partial charge in [0.05, 0.1) is 17.2 Å². The Morgan fingerprint density at radius 3 is 2.21 bits per heavy atom. The van der Waals surface area contributed by atoms with E-state index in [1.54, 1.807) is 6.20 Å². The van der Waals surface area contributed by atoms with Crippen molar-refractivity contribution in [2.45, 2.75) is 25.7 Å². The van der Waals surface area contributed by atoms with Crippen molar-refractivity contribution in [3.63, 3.8) is 0 Å². The number of hydrogen-bond acceptors (Lipinski definition) is 2. The number of hydrogen-bond donors (Lipinski definition) is 0. The van der Waals surface area contributed by atoms with Crippen LogP contribution in [0.25, 0.3) is 23.2 Å². The molecule has 0 fully saturated rings. The Bertz CT molecular complexity index is 744. The van der Waals surface area contributed by atoms with E-state index in [-0.39, 0.29) is 0 Å². The molecule has 19 heavy (non-hydrogen) atoms. The maximum atomic E-state index is 6.03. The molecular weight excluding hydrogens is 256 g/mol. The SMILES string of the molecule is Clc1cnc2c3c(c4c(c2n1)C=CCC4)CCC=C3. The number of allylic oxidation sites excluding steroid dienone is 2. The summed E-state index contributed by atoms with van der Waals surface area (Å²) < 4.78 is 0. The van der Waals surface area contributed by atoms with Crippen LogP contribution in [0.3, 0.4) is 0 Å². The van der Waals surface area contributed by atoms with Gasteiger partial charge in [-0.05, 0) is 36.8 Å². The van der Waals surface area contributed by atoms with E-state index in [1.807, 2.05) is 0 Å².